The Bertz CT molecular complexity index is 610. The van der Waals surface area contributed by atoms with Crippen LogP contribution in [-0.2, 0) is 36.8 Å². The Labute approximate surface area is 127 Å². The third-order valence-electron chi connectivity index (χ3n) is 2.65. The molecule has 1 rings (SSSR count). The van der Waals surface area contributed by atoms with Gasteiger partial charge in [0.05, 0.1) is 18.4 Å². The van der Waals surface area contributed by atoms with E-state index < -0.39 is 26.9 Å². The smallest absolute Gasteiger partial charge is 0.309 e. The van der Waals surface area contributed by atoms with Crippen molar-refractivity contribution in [2.24, 2.45) is 0 Å². The van der Waals surface area contributed by atoms with Gasteiger partial charge in [0.15, 0.2) is 0 Å². The van der Waals surface area contributed by atoms with Gasteiger partial charge in [0.1, 0.15) is 0 Å². The molecular weight excluding hydrogens is 314 g/mol. The number of ether oxygens (including phenoxy) is 1. The van der Waals surface area contributed by atoms with E-state index in [9.17, 15) is 17.4 Å². The highest BCUT2D eigenvalue weighted by Crippen LogP contribution is 2.12. The van der Waals surface area contributed by atoms with Gasteiger partial charge in [0.2, 0.25) is 10.0 Å². The summed E-state index contributed by atoms with van der Waals surface area (Å²) in [6.45, 7) is 1.66. The Morgan fingerprint density at radius 1 is 1.33 bits per heavy atom. The fraction of sp³-hybridized carbons (Fsp3) is 0.462. The molecule has 118 valence electrons. The fourth-order valence-corrected chi connectivity index (χ4v) is 3.88. The van der Waals surface area contributed by atoms with Gasteiger partial charge in [-0.15, -0.1) is 0 Å². The van der Waals surface area contributed by atoms with Gasteiger partial charge in [0.25, 0.3) is 0 Å². The van der Waals surface area contributed by atoms with E-state index in [2.05, 4.69) is 9.46 Å². The molecule has 0 aliphatic rings. The highest BCUT2D eigenvalue weighted by Gasteiger charge is 2.18. The summed E-state index contributed by atoms with van der Waals surface area (Å²) in [6, 6.07) is 5.56. The first kappa shape index (κ1) is 17.8. The highest BCUT2D eigenvalue weighted by molar-refractivity contribution is 7.89. The number of methoxy groups -OCH3 is 1. The summed E-state index contributed by atoms with van der Waals surface area (Å²) >= 11 is 0. The lowest BCUT2D eigenvalue weighted by atomic mass is 10.2. The predicted octanol–water partition coefficient (Wildman–Crippen LogP) is 0.447. The van der Waals surface area contributed by atoms with Crippen LogP contribution in [0.15, 0.2) is 29.2 Å². The number of sulfonamides is 1. The summed E-state index contributed by atoms with van der Waals surface area (Å²) in [5.41, 5.74) is 0.670. The van der Waals surface area contributed by atoms with Crippen LogP contribution in [0.1, 0.15) is 12.5 Å². The van der Waals surface area contributed by atoms with Crippen LogP contribution in [0, 0.1) is 0 Å². The predicted molar refractivity (Wildman–Crippen MR) is 80.9 cm³/mol. The minimum Gasteiger partial charge on any atom is -0.469 e. The molecule has 0 saturated heterocycles. The highest BCUT2D eigenvalue weighted by atomic mass is 32.2. The molecule has 6 nitrogen and oxygen atoms in total. The zero-order valence-corrected chi connectivity index (χ0v) is 13.8. The molecule has 1 aromatic carbocycles. The summed E-state index contributed by atoms with van der Waals surface area (Å²) in [4.78, 5) is 11.2. The standard InChI is InChI=1S/C13H19NO5S2/c1-10(9-20(3)16)14-21(17,18)12-6-4-11(5-7-12)8-13(15)19-2/h4-7,10,14H,8-9H2,1-3H3. The minimum atomic E-state index is -3.66. The minimum absolute atomic E-state index is 0.0927. The fourth-order valence-electron chi connectivity index (χ4n) is 1.74. The molecule has 2 atom stereocenters. The second-order valence-electron chi connectivity index (χ2n) is 4.66. The lowest BCUT2D eigenvalue weighted by Crippen LogP contribution is -2.36. The van der Waals surface area contributed by atoms with E-state index in [1.807, 2.05) is 0 Å². The maximum absolute atomic E-state index is 12.1. The van der Waals surface area contributed by atoms with Crippen LogP contribution >= 0.6 is 0 Å². The Morgan fingerprint density at radius 3 is 2.38 bits per heavy atom. The van der Waals surface area contributed by atoms with Crippen molar-refractivity contribution < 1.29 is 22.2 Å². The molecule has 2 unspecified atom stereocenters. The van der Waals surface area contributed by atoms with E-state index in [0.717, 1.165) is 0 Å². The number of benzene rings is 1. The van der Waals surface area contributed by atoms with Crippen molar-refractivity contribution in [2.45, 2.75) is 24.3 Å². The van der Waals surface area contributed by atoms with Crippen molar-refractivity contribution in [3.8, 4) is 0 Å². The molecule has 0 amide bonds. The molecule has 0 heterocycles. The van der Waals surface area contributed by atoms with Crippen molar-refractivity contribution in [1.29, 1.82) is 0 Å². The third kappa shape index (κ3) is 5.94. The van der Waals surface area contributed by atoms with E-state index in [-0.39, 0.29) is 23.0 Å². The summed E-state index contributed by atoms with van der Waals surface area (Å²) in [5.74, 6) is -0.137. The lowest BCUT2D eigenvalue weighted by molar-refractivity contribution is -0.139. The third-order valence-corrected chi connectivity index (χ3v) is 5.23. The molecule has 0 fully saturated rings. The van der Waals surface area contributed by atoms with E-state index in [1.54, 1.807) is 19.1 Å². The lowest BCUT2D eigenvalue weighted by Gasteiger charge is -2.13. The van der Waals surface area contributed by atoms with Crippen LogP contribution in [0.3, 0.4) is 0 Å². The van der Waals surface area contributed by atoms with Gasteiger partial charge in [0, 0.05) is 28.9 Å². The summed E-state index contributed by atoms with van der Waals surface area (Å²) in [5, 5.41) is 0. The zero-order valence-electron chi connectivity index (χ0n) is 12.2. The second kappa shape index (κ2) is 7.67. The molecular formula is C13H19NO5S2. The molecule has 0 saturated carbocycles. The van der Waals surface area contributed by atoms with Crippen LogP contribution in [0.4, 0.5) is 0 Å². The molecule has 0 aromatic heterocycles. The van der Waals surface area contributed by atoms with Gasteiger partial charge in [-0.2, -0.15) is 0 Å². The zero-order chi connectivity index (χ0) is 16.0. The molecule has 0 aliphatic heterocycles. The quantitative estimate of drug-likeness (QED) is 0.732. The number of nitrogens with one attached hydrogen (secondary N) is 1. The van der Waals surface area contributed by atoms with Crippen molar-refractivity contribution >= 4 is 26.8 Å². The Balaban J connectivity index is 2.80. The van der Waals surface area contributed by atoms with Gasteiger partial charge < -0.3 is 4.74 Å². The Hall–Kier alpha value is -1.25. The van der Waals surface area contributed by atoms with Gasteiger partial charge in [-0.1, -0.05) is 12.1 Å². The topological polar surface area (TPSA) is 89.5 Å². The monoisotopic (exact) mass is 333 g/mol. The van der Waals surface area contributed by atoms with E-state index in [0.29, 0.717) is 5.56 Å². The molecule has 1 N–H and O–H groups in total. The number of rotatable bonds is 7. The molecule has 0 bridgehead atoms. The normalized spacial score (nSPS) is 14.4. The molecule has 1 aromatic rings. The number of hydrogen-bond acceptors (Lipinski definition) is 5. The summed E-state index contributed by atoms with van der Waals surface area (Å²) in [6.07, 6.45) is 1.61. The largest absolute Gasteiger partial charge is 0.469 e. The SMILES string of the molecule is COC(=O)Cc1ccc(S(=O)(=O)NC(C)CS(C)=O)cc1. The maximum atomic E-state index is 12.1. The van der Waals surface area contributed by atoms with Crippen LogP contribution in [0.5, 0.6) is 0 Å². The molecule has 8 heteroatoms. The maximum Gasteiger partial charge on any atom is 0.309 e. The number of carbonyl (C=O) groups is 1. The van der Waals surface area contributed by atoms with Gasteiger partial charge >= 0.3 is 5.97 Å². The van der Waals surface area contributed by atoms with Crippen LogP contribution in [-0.4, -0.2) is 43.8 Å². The number of hydrogen-bond donors (Lipinski definition) is 1. The first-order valence-electron chi connectivity index (χ1n) is 6.22. The van der Waals surface area contributed by atoms with Crippen LogP contribution < -0.4 is 4.72 Å². The Morgan fingerprint density at radius 2 is 1.90 bits per heavy atom. The van der Waals surface area contributed by atoms with Crippen molar-refractivity contribution in [2.75, 3.05) is 19.1 Å². The second-order valence-corrected chi connectivity index (χ2v) is 7.85. The summed E-state index contributed by atoms with van der Waals surface area (Å²) in [7, 11) is -3.44. The van der Waals surface area contributed by atoms with Gasteiger partial charge in [-0.25, -0.2) is 13.1 Å². The van der Waals surface area contributed by atoms with Crippen LogP contribution in [0.25, 0.3) is 0 Å². The van der Waals surface area contributed by atoms with E-state index in [4.69, 9.17) is 0 Å². The number of carbonyl (C=O) groups excluding carboxylic acids is 1. The van der Waals surface area contributed by atoms with E-state index >= 15 is 0 Å². The van der Waals surface area contributed by atoms with Crippen molar-refractivity contribution in [3.63, 3.8) is 0 Å². The van der Waals surface area contributed by atoms with Gasteiger partial charge in [-0.3, -0.25) is 9.00 Å². The van der Waals surface area contributed by atoms with Crippen molar-refractivity contribution in [1.82, 2.24) is 4.72 Å². The Kier molecular flexibility index (Phi) is 6.50. The van der Waals surface area contributed by atoms with Crippen LogP contribution in [0.2, 0.25) is 0 Å². The summed E-state index contributed by atoms with van der Waals surface area (Å²) < 4.78 is 42.3. The average molecular weight is 333 g/mol. The molecule has 0 aliphatic carbocycles. The number of esters is 1. The first-order chi connectivity index (χ1) is 9.74. The average Bonchev–Trinajstić information content (AvgIpc) is 2.37. The van der Waals surface area contributed by atoms with Crippen molar-refractivity contribution in [3.05, 3.63) is 29.8 Å². The van der Waals surface area contributed by atoms with E-state index in [1.165, 1.54) is 25.5 Å². The van der Waals surface area contributed by atoms with Gasteiger partial charge in [-0.05, 0) is 24.6 Å². The molecule has 0 radical (unpaired) electrons. The molecule has 0 spiro atoms. The molecule has 21 heavy (non-hydrogen) atoms. The first-order valence-corrected chi connectivity index (χ1v) is 9.43.